The lowest BCUT2D eigenvalue weighted by atomic mass is 10.1. The van der Waals surface area contributed by atoms with E-state index in [2.05, 4.69) is 0 Å². The molecule has 0 aliphatic heterocycles. The van der Waals surface area contributed by atoms with E-state index in [1.54, 1.807) is 31.2 Å². The molecule has 0 radical (unpaired) electrons. The highest BCUT2D eigenvalue weighted by Gasteiger charge is 2.31. The minimum atomic E-state index is -4.10. The third-order valence-corrected chi connectivity index (χ3v) is 6.41. The Labute approximate surface area is 168 Å². The third kappa shape index (κ3) is 4.00. The molecule has 3 aromatic rings. The Hall–Kier alpha value is -2.90. The van der Waals surface area contributed by atoms with Crippen molar-refractivity contribution in [1.82, 2.24) is 0 Å². The summed E-state index contributed by atoms with van der Waals surface area (Å²) in [6.45, 7) is 1.76. The smallest absolute Gasteiger partial charge is 0.259 e. The van der Waals surface area contributed by atoms with Gasteiger partial charge in [0.15, 0.2) is 0 Å². The Morgan fingerprint density at radius 3 is 2.29 bits per heavy atom. The summed E-state index contributed by atoms with van der Waals surface area (Å²) in [5.41, 5.74) is 0.853. The lowest BCUT2D eigenvalue weighted by molar-refractivity contribution is -0.385. The van der Waals surface area contributed by atoms with Crippen LogP contribution in [0.25, 0.3) is 0 Å². The molecule has 1 atom stereocenters. The molecule has 0 spiro atoms. The fraction of sp³-hybridized carbons (Fsp3) is 0.100. The van der Waals surface area contributed by atoms with E-state index in [4.69, 9.17) is 11.6 Å². The van der Waals surface area contributed by atoms with Crippen LogP contribution in [0.1, 0.15) is 18.5 Å². The number of halogens is 1. The molecule has 3 rings (SSSR count). The van der Waals surface area contributed by atoms with E-state index in [0.29, 0.717) is 10.7 Å². The molecule has 0 aliphatic carbocycles. The minimum absolute atomic E-state index is 0.163. The Bertz CT molecular complexity index is 1100. The molecule has 8 heteroatoms. The molecule has 6 nitrogen and oxygen atoms in total. The number of nitrogens with zero attached hydrogens (tertiary/aromatic N) is 2. The largest absolute Gasteiger partial charge is 0.270 e. The number of nitro groups is 1. The van der Waals surface area contributed by atoms with Crippen molar-refractivity contribution in [2.75, 3.05) is 4.31 Å². The molecule has 3 aromatic carbocycles. The molecule has 0 bridgehead atoms. The van der Waals surface area contributed by atoms with Crippen LogP contribution < -0.4 is 4.31 Å². The van der Waals surface area contributed by atoms with Gasteiger partial charge < -0.3 is 0 Å². The number of sulfonamides is 1. The number of nitro benzene ring substituents is 1. The zero-order valence-electron chi connectivity index (χ0n) is 14.9. The average Bonchev–Trinajstić information content (AvgIpc) is 2.68. The zero-order valence-corrected chi connectivity index (χ0v) is 16.5. The second-order valence-electron chi connectivity index (χ2n) is 6.12. The van der Waals surface area contributed by atoms with E-state index in [0.717, 1.165) is 11.6 Å². The van der Waals surface area contributed by atoms with Gasteiger partial charge in [0.1, 0.15) is 0 Å². The summed E-state index contributed by atoms with van der Waals surface area (Å²) in [5, 5.41) is 11.5. The van der Waals surface area contributed by atoms with Crippen molar-refractivity contribution in [1.29, 1.82) is 0 Å². The fourth-order valence-electron chi connectivity index (χ4n) is 2.92. The van der Waals surface area contributed by atoms with Crippen molar-refractivity contribution in [3.8, 4) is 0 Å². The van der Waals surface area contributed by atoms with Crippen LogP contribution in [-0.2, 0) is 10.0 Å². The van der Waals surface area contributed by atoms with Gasteiger partial charge >= 0.3 is 0 Å². The molecule has 0 heterocycles. The van der Waals surface area contributed by atoms with E-state index < -0.39 is 21.0 Å². The van der Waals surface area contributed by atoms with E-state index in [1.165, 1.54) is 22.5 Å². The molecule has 0 unspecified atom stereocenters. The summed E-state index contributed by atoms with van der Waals surface area (Å²) in [6, 6.07) is 20.1. The maximum absolute atomic E-state index is 13.5. The van der Waals surface area contributed by atoms with Crippen molar-refractivity contribution >= 4 is 33.0 Å². The van der Waals surface area contributed by atoms with Gasteiger partial charge in [0.05, 0.1) is 21.5 Å². The standard InChI is InChI=1S/C20H17ClN2O4S/c1-15(16-7-3-2-4-8-16)22(18-10-5-9-17(21)13-18)28(26,27)20-12-6-11-19(14-20)23(24)25/h2-15H,1H3/t15-/m1/s1. The average molecular weight is 417 g/mol. The van der Waals surface area contributed by atoms with Gasteiger partial charge in [-0.1, -0.05) is 54.1 Å². The molecular weight excluding hydrogens is 400 g/mol. The summed E-state index contributed by atoms with van der Waals surface area (Å²) in [5.74, 6) is 0. The number of non-ortho nitro benzene ring substituents is 1. The summed E-state index contributed by atoms with van der Waals surface area (Å²) in [7, 11) is -4.10. The van der Waals surface area contributed by atoms with E-state index in [-0.39, 0.29) is 10.6 Å². The normalized spacial score (nSPS) is 12.4. The predicted molar refractivity (Wildman–Crippen MR) is 109 cm³/mol. The molecule has 0 aliphatic rings. The summed E-state index contributed by atoms with van der Waals surface area (Å²) in [6.07, 6.45) is 0. The summed E-state index contributed by atoms with van der Waals surface area (Å²) < 4.78 is 28.2. The first-order valence-corrected chi connectivity index (χ1v) is 10.2. The van der Waals surface area contributed by atoms with Gasteiger partial charge in [-0.25, -0.2) is 8.42 Å². The van der Waals surface area contributed by atoms with Gasteiger partial charge in [0.25, 0.3) is 15.7 Å². The first-order chi connectivity index (χ1) is 13.3. The molecule has 0 amide bonds. The third-order valence-electron chi connectivity index (χ3n) is 4.28. The highest BCUT2D eigenvalue weighted by molar-refractivity contribution is 7.92. The van der Waals surface area contributed by atoms with Crippen LogP contribution in [0, 0.1) is 10.1 Å². The highest BCUT2D eigenvalue weighted by atomic mass is 35.5. The molecule has 0 N–H and O–H groups in total. The molecule has 144 valence electrons. The predicted octanol–water partition coefficient (Wildman–Crippen LogP) is 5.20. The number of rotatable bonds is 6. The van der Waals surface area contributed by atoms with Crippen LogP contribution in [0.15, 0.2) is 83.8 Å². The lowest BCUT2D eigenvalue weighted by Gasteiger charge is -2.31. The second kappa shape index (κ2) is 8.00. The van der Waals surface area contributed by atoms with Crippen LogP contribution in [-0.4, -0.2) is 13.3 Å². The first-order valence-electron chi connectivity index (χ1n) is 8.40. The SMILES string of the molecule is C[C@H](c1ccccc1)N(c1cccc(Cl)c1)S(=O)(=O)c1cccc([N+](=O)[O-])c1. The zero-order chi connectivity index (χ0) is 20.3. The Kier molecular flexibility index (Phi) is 5.67. The quantitative estimate of drug-likeness (QED) is 0.408. The monoisotopic (exact) mass is 416 g/mol. The van der Waals surface area contributed by atoms with Crippen molar-refractivity contribution in [2.45, 2.75) is 17.9 Å². The van der Waals surface area contributed by atoms with E-state index in [9.17, 15) is 18.5 Å². The molecule has 0 saturated heterocycles. The van der Waals surface area contributed by atoms with Crippen molar-refractivity contribution in [3.05, 3.63) is 99.6 Å². The molecular formula is C20H17ClN2O4S. The van der Waals surface area contributed by atoms with Crippen molar-refractivity contribution < 1.29 is 13.3 Å². The lowest BCUT2D eigenvalue weighted by Crippen LogP contribution is -2.33. The van der Waals surface area contributed by atoms with Gasteiger partial charge in [-0.15, -0.1) is 0 Å². The minimum Gasteiger partial charge on any atom is -0.259 e. The van der Waals surface area contributed by atoms with Gasteiger partial charge in [-0.05, 0) is 36.8 Å². The van der Waals surface area contributed by atoms with E-state index >= 15 is 0 Å². The molecule has 0 aromatic heterocycles. The molecule has 0 saturated carbocycles. The van der Waals surface area contributed by atoms with Crippen LogP contribution in [0.5, 0.6) is 0 Å². The number of hydrogen-bond acceptors (Lipinski definition) is 4. The molecule has 28 heavy (non-hydrogen) atoms. The number of hydrogen-bond donors (Lipinski definition) is 0. The maximum atomic E-state index is 13.5. The van der Waals surface area contributed by atoms with Crippen LogP contribution in [0.4, 0.5) is 11.4 Å². The van der Waals surface area contributed by atoms with E-state index in [1.807, 2.05) is 30.3 Å². The van der Waals surface area contributed by atoms with Gasteiger partial charge in [-0.3, -0.25) is 14.4 Å². The summed E-state index contributed by atoms with van der Waals surface area (Å²) >= 11 is 6.09. The van der Waals surface area contributed by atoms with Gasteiger partial charge in [0.2, 0.25) is 0 Å². The second-order valence-corrected chi connectivity index (χ2v) is 8.37. The topological polar surface area (TPSA) is 80.5 Å². The van der Waals surface area contributed by atoms with Crippen LogP contribution in [0.3, 0.4) is 0 Å². The highest BCUT2D eigenvalue weighted by Crippen LogP contribution is 2.35. The fourth-order valence-corrected chi connectivity index (χ4v) is 4.78. The van der Waals surface area contributed by atoms with Crippen molar-refractivity contribution in [3.63, 3.8) is 0 Å². The summed E-state index contributed by atoms with van der Waals surface area (Å²) in [4.78, 5) is 10.3. The maximum Gasteiger partial charge on any atom is 0.270 e. The first kappa shape index (κ1) is 19.9. The van der Waals surface area contributed by atoms with Gasteiger partial charge in [-0.2, -0.15) is 0 Å². The number of benzene rings is 3. The van der Waals surface area contributed by atoms with Crippen LogP contribution >= 0.6 is 11.6 Å². The van der Waals surface area contributed by atoms with Crippen LogP contribution in [0.2, 0.25) is 5.02 Å². The number of anilines is 1. The van der Waals surface area contributed by atoms with Crippen molar-refractivity contribution in [2.24, 2.45) is 0 Å². The Morgan fingerprint density at radius 1 is 0.964 bits per heavy atom. The Balaban J connectivity index is 2.18. The molecule has 0 fully saturated rings. The van der Waals surface area contributed by atoms with Gasteiger partial charge in [0, 0.05) is 17.2 Å². The Morgan fingerprint density at radius 2 is 1.64 bits per heavy atom.